The largest absolute Gasteiger partial charge is 0.378 e. The molecular weight excluding hydrogens is 381 g/mol. The Balaban J connectivity index is 1.87. The van der Waals surface area contributed by atoms with Gasteiger partial charge in [0.15, 0.2) is 5.82 Å². The van der Waals surface area contributed by atoms with Crippen molar-refractivity contribution in [2.75, 3.05) is 11.4 Å². The number of nitrogens with one attached hydrogen (secondary N) is 1. The lowest BCUT2D eigenvalue weighted by atomic mass is 9.94. The summed E-state index contributed by atoms with van der Waals surface area (Å²) in [6.07, 6.45) is 2.75. The van der Waals surface area contributed by atoms with Gasteiger partial charge in [0.25, 0.3) is 0 Å². The van der Waals surface area contributed by atoms with Crippen LogP contribution in [0.15, 0.2) is 41.2 Å². The van der Waals surface area contributed by atoms with Gasteiger partial charge in [0.1, 0.15) is 11.4 Å². The van der Waals surface area contributed by atoms with Crippen LogP contribution in [0.5, 0.6) is 0 Å². The molecule has 1 aliphatic rings. The summed E-state index contributed by atoms with van der Waals surface area (Å²) in [7, 11) is 0. The van der Waals surface area contributed by atoms with Gasteiger partial charge < -0.3 is 15.0 Å². The average Bonchev–Trinajstić information content (AvgIpc) is 2.76. The van der Waals surface area contributed by atoms with Crippen LogP contribution >= 0.6 is 0 Å². The maximum absolute atomic E-state index is 14.7. The van der Waals surface area contributed by atoms with E-state index in [0.717, 1.165) is 29.7 Å². The number of aromatic nitrogens is 2. The van der Waals surface area contributed by atoms with Crippen molar-refractivity contribution in [2.24, 2.45) is 0 Å². The van der Waals surface area contributed by atoms with E-state index in [4.69, 9.17) is 0 Å². The number of aromatic amines is 1. The molecule has 5 nitrogen and oxygen atoms in total. The first kappa shape index (κ1) is 20.1. The highest BCUT2D eigenvalue weighted by atomic mass is 19.1. The fourth-order valence-electron chi connectivity index (χ4n) is 3.92. The van der Waals surface area contributed by atoms with Crippen molar-refractivity contribution < 1.29 is 9.50 Å². The summed E-state index contributed by atoms with van der Waals surface area (Å²) in [5.74, 6) is 6.07. The molecule has 0 unspecified atom stereocenters. The van der Waals surface area contributed by atoms with Gasteiger partial charge in [-0.05, 0) is 55.5 Å². The summed E-state index contributed by atoms with van der Waals surface area (Å²) in [5, 5.41) is 10.8. The fourth-order valence-corrected chi connectivity index (χ4v) is 3.92. The summed E-state index contributed by atoms with van der Waals surface area (Å²) in [4.78, 5) is 20.8. The van der Waals surface area contributed by atoms with E-state index in [1.54, 1.807) is 12.1 Å². The van der Waals surface area contributed by atoms with Gasteiger partial charge in [-0.15, -0.1) is 0 Å². The Kier molecular flexibility index (Phi) is 5.31. The lowest BCUT2D eigenvalue weighted by molar-refractivity contribution is 0.0931. The van der Waals surface area contributed by atoms with Crippen molar-refractivity contribution in [2.45, 2.75) is 45.1 Å². The van der Waals surface area contributed by atoms with E-state index in [0.29, 0.717) is 36.1 Å². The van der Waals surface area contributed by atoms with E-state index in [9.17, 15) is 14.3 Å². The summed E-state index contributed by atoms with van der Waals surface area (Å²) in [6, 6.07) is 10.4. The number of aliphatic hydroxyl groups is 1. The zero-order valence-corrected chi connectivity index (χ0v) is 17.1. The minimum atomic E-state index is -1.01. The molecule has 30 heavy (non-hydrogen) atoms. The van der Waals surface area contributed by atoms with Gasteiger partial charge in [-0.1, -0.05) is 37.8 Å². The Hall–Kier alpha value is -3.17. The maximum atomic E-state index is 14.7. The molecule has 0 bridgehead atoms. The third-order valence-electron chi connectivity index (χ3n) is 5.79. The lowest BCUT2D eigenvalue weighted by Gasteiger charge is -2.31. The molecule has 4 rings (SSSR count). The van der Waals surface area contributed by atoms with Gasteiger partial charge in [0, 0.05) is 17.8 Å². The molecule has 3 aromatic rings. The van der Waals surface area contributed by atoms with E-state index in [1.807, 2.05) is 36.9 Å². The SMILES string of the molecule is CCC(O)(C#Cc1cccc2c1CCCN2c1nc(=O)[nH]c2cccc(F)c12)CC. The van der Waals surface area contributed by atoms with Crippen molar-refractivity contribution in [3.8, 4) is 11.8 Å². The molecule has 2 N–H and O–H groups in total. The van der Waals surface area contributed by atoms with Crippen LogP contribution in [-0.2, 0) is 6.42 Å². The van der Waals surface area contributed by atoms with Crippen molar-refractivity contribution in [1.82, 2.24) is 9.97 Å². The average molecular weight is 405 g/mol. The molecule has 0 saturated carbocycles. The third kappa shape index (κ3) is 3.57. The van der Waals surface area contributed by atoms with Crippen LogP contribution in [0.2, 0.25) is 0 Å². The highest BCUT2D eigenvalue weighted by Crippen LogP contribution is 2.37. The minimum absolute atomic E-state index is 0.299. The van der Waals surface area contributed by atoms with Crippen LogP contribution in [0.4, 0.5) is 15.9 Å². The van der Waals surface area contributed by atoms with Crippen LogP contribution in [0.1, 0.15) is 44.2 Å². The van der Waals surface area contributed by atoms with E-state index in [1.165, 1.54) is 6.07 Å². The van der Waals surface area contributed by atoms with Gasteiger partial charge in [-0.2, -0.15) is 4.98 Å². The standard InChI is InChI=1S/C24H24FN3O2/c1-3-24(30,4-2)14-13-16-8-5-12-20-17(16)9-7-15-28(20)22-21-18(25)10-6-11-19(21)26-23(29)27-22/h5-6,8,10-12,30H,3-4,7,9,15H2,1-2H3,(H,26,27,29). The van der Waals surface area contributed by atoms with Crippen LogP contribution < -0.4 is 10.6 Å². The topological polar surface area (TPSA) is 69.2 Å². The monoisotopic (exact) mass is 405 g/mol. The smallest absolute Gasteiger partial charge is 0.347 e. The number of hydrogen-bond donors (Lipinski definition) is 2. The van der Waals surface area contributed by atoms with Gasteiger partial charge in [0.2, 0.25) is 0 Å². The highest BCUT2D eigenvalue weighted by Gasteiger charge is 2.25. The van der Waals surface area contributed by atoms with Crippen molar-refractivity contribution in [3.63, 3.8) is 0 Å². The number of hydrogen-bond acceptors (Lipinski definition) is 4. The molecule has 0 aliphatic carbocycles. The summed E-state index contributed by atoms with van der Waals surface area (Å²) < 4.78 is 14.7. The Morgan fingerprint density at radius 2 is 2.00 bits per heavy atom. The van der Waals surface area contributed by atoms with Crippen molar-refractivity contribution >= 4 is 22.4 Å². The summed E-state index contributed by atoms with van der Waals surface area (Å²) >= 11 is 0. The molecule has 0 atom stereocenters. The predicted octanol–water partition coefficient (Wildman–Crippen LogP) is 4.05. The predicted molar refractivity (Wildman–Crippen MR) is 117 cm³/mol. The second-order valence-corrected chi connectivity index (χ2v) is 7.58. The molecule has 154 valence electrons. The van der Waals surface area contributed by atoms with E-state index >= 15 is 0 Å². The molecule has 2 aromatic carbocycles. The number of fused-ring (bicyclic) bond motifs is 2. The minimum Gasteiger partial charge on any atom is -0.378 e. The summed E-state index contributed by atoms with van der Waals surface area (Å²) in [5.41, 5.74) is 1.63. The molecule has 0 radical (unpaired) electrons. The first-order valence-corrected chi connectivity index (χ1v) is 10.3. The van der Waals surface area contributed by atoms with Crippen molar-refractivity contribution in [1.29, 1.82) is 0 Å². The molecular formula is C24H24FN3O2. The van der Waals surface area contributed by atoms with Crippen LogP contribution in [-0.4, -0.2) is 27.2 Å². The number of halogens is 1. The maximum Gasteiger partial charge on any atom is 0.347 e. The number of rotatable bonds is 3. The Bertz CT molecular complexity index is 1220. The van der Waals surface area contributed by atoms with Gasteiger partial charge in [-0.3, -0.25) is 0 Å². The first-order chi connectivity index (χ1) is 14.5. The number of anilines is 2. The van der Waals surface area contributed by atoms with Gasteiger partial charge in [-0.25, -0.2) is 9.18 Å². The van der Waals surface area contributed by atoms with Crippen LogP contribution in [0, 0.1) is 17.7 Å². The van der Waals surface area contributed by atoms with Gasteiger partial charge >= 0.3 is 5.69 Å². The molecule has 0 spiro atoms. The number of H-pyrrole nitrogens is 1. The fraction of sp³-hybridized carbons (Fsp3) is 0.333. The zero-order chi connectivity index (χ0) is 21.3. The van der Waals surface area contributed by atoms with Crippen LogP contribution in [0.25, 0.3) is 10.9 Å². The van der Waals surface area contributed by atoms with E-state index < -0.39 is 17.1 Å². The molecule has 6 heteroatoms. The van der Waals surface area contributed by atoms with E-state index in [-0.39, 0.29) is 0 Å². The molecule has 1 aliphatic heterocycles. The summed E-state index contributed by atoms with van der Waals surface area (Å²) in [6.45, 7) is 4.45. The van der Waals surface area contributed by atoms with Crippen LogP contribution in [0.3, 0.4) is 0 Å². The molecule has 2 heterocycles. The second-order valence-electron chi connectivity index (χ2n) is 7.58. The Morgan fingerprint density at radius 3 is 2.77 bits per heavy atom. The Labute approximate surface area is 174 Å². The normalized spacial score (nSPS) is 13.7. The van der Waals surface area contributed by atoms with E-state index in [2.05, 4.69) is 21.8 Å². The third-order valence-corrected chi connectivity index (χ3v) is 5.79. The molecule has 0 saturated heterocycles. The second kappa shape index (κ2) is 7.92. The molecule has 1 aromatic heterocycles. The quantitative estimate of drug-likeness (QED) is 0.645. The molecule has 0 amide bonds. The highest BCUT2D eigenvalue weighted by molar-refractivity contribution is 5.92. The number of benzene rings is 2. The number of nitrogens with zero attached hydrogens (tertiary/aromatic N) is 2. The molecule has 0 fully saturated rings. The zero-order valence-electron chi connectivity index (χ0n) is 17.1. The Morgan fingerprint density at radius 1 is 1.23 bits per heavy atom. The first-order valence-electron chi connectivity index (χ1n) is 10.3. The van der Waals surface area contributed by atoms with Gasteiger partial charge in [0.05, 0.1) is 10.9 Å². The lowest BCUT2D eigenvalue weighted by Crippen LogP contribution is -2.28. The van der Waals surface area contributed by atoms with Crippen molar-refractivity contribution in [3.05, 3.63) is 63.8 Å².